The summed E-state index contributed by atoms with van der Waals surface area (Å²) in [6.45, 7) is 0. The van der Waals surface area contributed by atoms with Crippen LogP contribution in [0.1, 0.15) is 5.56 Å². The number of hydrogen-bond donors (Lipinski definition) is 0. The third-order valence-corrected chi connectivity index (χ3v) is 3.85. The lowest BCUT2D eigenvalue weighted by Crippen LogP contribution is -2.02. The standard InChI is InChI=1S/C20H10F6O/c1-27-13-3-5-14(18(22)10-13)11-2-4-15-12(8-11)9-17(21)16(19(15)23)6-7-20(24,25)26/h2-5,8-10H,1H3. The highest BCUT2D eigenvalue weighted by atomic mass is 19.4. The first-order valence-electron chi connectivity index (χ1n) is 7.55. The Balaban J connectivity index is 2.13. The Morgan fingerprint density at radius 2 is 1.63 bits per heavy atom. The summed E-state index contributed by atoms with van der Waals surface area (Å²) in [5.41, 5.74) is -0.446. The minimum absolute atomic E-state index is 0.0651. The molecule has 3 aromatic carbocycles. The van der Waals surface area contributed by atoms with Crippen LogP contribution in [0.5, 0.6) is 5.75 Å². The van der Waals surface area contributed by atoms with Crippen LogP contribution in [0.25, 0.3) is 21.9 Å². The molecular formula is C20H10F6O. The van der Waals surface area contributed by atoms with Gasteiger partial charge >= 0.3 is 6.18 Å². The molecule has 0 aliphatic rings. The topological polar surface area (TPSA) is 9.23 Å². The van der Waals surface area contributed by atoms with Crippen LogP contribution >= 0.6 is 0 Å². The van der Waals surface area contributed by atoms with Crippen LogP contribution in [-0.4, -0.2) is 13.3 Å². The predicted octanol–water partition coefficient (Wildman–Crippen LogP) is 5.85. The summed E-state index contributed by atoms with van der Waals surface area (Å²) in [6, 6.07) is 8.97. The van der Waals surface area contributed by atoms with E-state index in [0.717, 1.165) is 18.1 Å². The first-order valence-corrected chi connectivity index (χ1v) is 7.55. The maximum Gasteiger partial charge on any atom is 0.458 e. The first-order chi connectivity index (χ1) is 12.7. The Morgan fingerprint density at radius 3 is 2.26 bits per heavy atom. The molecule has 138 valence electrons. The highest BCUT2D eigenvalue weighted by Gasteiger charge is 2.24. The summed E-state index contributed by atoms with van der Waals surface area (Å²) < 4.78 is 84.2. The van der Waals surface area contributed by atoms with Gasteiger partial charge in [0.1, 0.15) is 23.2 Å². The van der Waals surface area contributed by atoms with Gasteiger partial charge in [0.05, 0.1) is 12.7 Å². The molecule has 0 radical (unpaired) electrons. The smallest absolute Gasteiger partial charge is 0.458 e. The highest BCUT2D eigenvalue weighted by Crippen LogP contribution is 2.31. The van der Waals surface area contributed by atoms with Gasteiger partial charge in [0.25, 0.3) is 0 Å². The van der Waals surface area contributed by atoms with Gasteiger partial charge in [-0.05, 0) is 35.2 Å². The van der Waals surface area contributed by atoms with E-state index in [9.17, 15) is 26.3 Å². The number of alkyl halides is 3. The minimum Gasteiger partial charge on any atom is -0.497 e. The molecule has 0 aromatic heterocycles. The van der Waals surface area contributed by atoms with E-state index in [-0.39, 0.29) is 16.3 Å². The Kier molecular flexibility index (Phi) is 4.75. The van der Waals surface area contributed by atoms with Crippen molar-refractivity contribution in [1.29, 1.82) is 0 Å². The lowest BCUT2D eigenvalue weighted by atomic mass is 9.98. The SMILES string of the molecule is COc1ccc(-c2ccc3c(F)c(C#CC(F)(F)F)c(F)cc3c2)c(F)c1. The molecule has 0 N–H and O–H groups in total. The molecule has 0 aliphatic heterocycles. The van der Waals surface area contributed by atoms with E-state index >= 15 is 0 Å². The number of methoxy groups -OCH3 is 1. The van der Waals surface area contributed by atoms with Crippen molar-refractivity contribution < 1.29 is 31.1 Å². The van der Waals surface area contributed by atoms with Gasteiger partial charge in [0.15, 0.2) is 0 Å². The Morgan fingerprint density at radius 1 is 0.889 bits per heavy atom. The fourth-order valence-electron chi connectivity index (χ4n) is 2.60. The molecule has 0 fully saturated rings. The maximum atomic E-state index is 14.4. The molecule has 7 heteroatoms. The largest absolute Gasteiger partial charge is 0.497 e. The van der Waals surface area contributed by atoms with E-state index in [2.05, 4.69) is 0 Å². The fraction of sp³-hybridized carbons (Fsp3) is 0.100. The number of ether oxygens (including phenoxy) is 1. The molecule has 27 heavy (non-hydrogen) atoms. The molecule has 0 spiro atoms. The molecule has 3 rings (SSSR count). The predicted molar refractivity (Wildman–Crippen MR) is 88.7 cm³/mol. The van der Waals surface area contributed by atoms with Crippen LogP contribution in [0, 0.1) is 29.3 Å². The van der Waals surface area contributed by atoms with Crippen LogP contribution in [0.15, 0.2) is 42.5 Å². The fourth-order valence-corrected chi connectivity index (χ4v) is 2.60. The molecule has 0 saturated heterocycles. The summed E-state index contributed by atoms with van der Waals surface area (Å²) in [6.07, 6.45) is -4.87. The van der Waals surface area contributed by atoms with Crippen LogP contribution in [0.2, 0.25) is 0 Å². The van der Waals surface area contributed by atoms with E-state index in [4.69, 9.17) is 4.74 Å². The number of halogens is 6. The zero-order valence-electron chi connectivity index (χ0n) is 13.7. The van der Waals surface area contributed by atoms with Crippen LogP contribution in [0.3, 0.4) is 0 Å². The van der Waals surface area contributed by atoms with E-state index in [1.54, 1.807) is 0 Å². The monoisotopic (exact) mass is 380 g/mol. The highest BCUT2D eigenvalue weighted by molar-refractivity contribution is 5.89. The maximum absolute atomic E-state index is 14.4. The van der Waals surface area contributed by atoms with Gasteiger partial charge in [0.2, 0.25) is 0 Å². The van der Waals surface area contributed by atoms with E-state index in [1.165, 1.54) is 43.4 Å². The van der Waals surface area contributed by atoms with Crippen molar-refractivity contribution in [2.75, 3.05) is 7.11 Å². The van der Waals surface area contributed by atoms with E-state index in [1.807, 2.05) is 0 Å². The molecule has 0 aliphatic carbocycles. The third-order valence-electron chi connectivity index (χ3n) is 3.85. The van der Waals surface area contributed by atoms with Gasteiger partial charge in [-0.3, -0.25) is 0 Å². The first kappa shape index (κ1) is 18.6. The van der Waals surface area contributed by atoms with Gasteiger partial charge in [-0.15, -0.1) is 0 Å². The summed E-state index contributed by atoms with van der Waals surface area (Å²) in [7, 11) is 1.38. The quantitative estimate of drug-likeness (QED) is 0.401. The zero-order chi connectivity index (χ0) is 19.8. The van der Waals surface area contributed by atoms with Crippen LogP contribution in [-0.2, 0) is 0 Å². The molecular weight excluding hydrogens is 370 g/mol. The van der Waals surface area contributed by atoms with Crippen molar-refractivity contribution in [2.24, 2.45) is 0 Å². The molecule has 3 aromatic rings. The molecule has 0 saturated carbocycles. The molecule has 1 nitrogen and oxygen atoms in total. The minimum atomic E-state index is -4.87. The summed E-state index contributed by atoms with van der Waals surface area (Å²) in [5.74, 6) is -0.394. The normalized spacial score (nSPS) is 11.2. The Hall–Kier alpha value is -3.14. The van der Waals surface area contributed by atoms with Gasteiger partial charge in [-0.2, -0.15) is 13.2 Å². The van der Waals surface area contributed by atoms with Gasteiger partial charge in [0, 0.05) is 22.9 Å². The van der Waals surface area contributed by atoms with Gasteiger partial charge in [-0.1, -0.05) is 18.1 Å². The number of fused-ring (bicyclic) bond motifs is 1. The lowest BCUT2D eigenvalue weighted by molar-refractivity contribution is -0.0696. The molecule has 0 bridgehead atoms. The Bertz CT molecular complexity index is 1090. The second-order valence-electron chi connectivity index (χ2n) is 5.58. The molecule has 0 heterocycles. The molecule has 0 atom stereocenters. The van der Waals surface area contributed by atoms with Crippen molar-refractivity contribution >= 4 is 10.8 Å². The summed E-state index contributed by atoms with van der Waals surface area (Å²) >= 11 is 0. The number of hydrogen-bond acceptors (Lipinski definition) is 1. The van der Waals surface area contributed by atoms with Crippen molar-refractivity contribution in [3.8, 4) is 28.7 Å². The van der Waals surface area contributed by atoms with Gasteiger partial charge < -0.3 is 4.74 Å². The van der Waals surface area contributed by atoms with Crippen molar-refractivity contribution in [2.45, 2.75) is 6.18 Å². The number of benzene rings is 3. The second-order valence-corrected chi connectivity index (χ2v) is 5.58. The zero-order valence-corrected chi connectivity index (χ0v) is 13.7. The lowest BCUT2D eigenvalue weighted by Gasteiger charge is -2.09. The van der Waals surface area contributed by atoms with Crippen LogP contribution in [0.4, 0.5) is 26.3 Å². The molecule has 0 amide bonds. The average Bonchev–Trinajstić information content (AvgIpc) is 2.60. The average molecular weight is 380 g/mol. The summed E-state index contributed by atoms with van der Waals surface area (Å²) in [4.78, 5) is 0. The van der Waals surface area contributed by atoms with E-state index < -0.39 is 29.2 Å². The van der Waals surface area contributed by atoms with E-state index in [0.29, 0.717) is 11.3 Å². The van der Waals surface area contributed by atoms with Crippen molar-refractivity contribution in [1.82, 2.24) is 0 Å². The van der Waals surface area contributed by atoms with Crippen molar-refractivity contribution in [3.05, 3.63) is 65.5 Å². The second kappa shape index (κ2) is 6.88. The van der Waals surface area contributed by atoms with Gasteiger partial charge in [-0.25, -0.2) is 13.2 Å². The van der Waals surface area contributed by atoms with Crippen molar-refractivity contribution in [3.63, 3.8) is 0 Å². The Labute approximate surface area is 150 Å². The summed E-state index contributed by atoms with van der Waals surface area (Å²) in [5, 5.41) is -0.0594. The number of rotatable bonds is 2. The molecule has 0 unspecified atom stereocenters. The van der Waals surface area contributed by atoms with Crippen LogP contribution < -0.4 is 4.74 Å². The third kappa shape index (κ3) is 3.85.